The van der Waals surface area contributed by atoms with Crippen LogP contribution in [-0.4, -0.2) is 6.61 Å². The molecule has 0 radical (unpaired) electrons. The van der Waals surface area contributed by atoms with Gasteiger partial charge in [-0.05, 0) is 48.6 Å². The Bertz CT molecular complexity index is 354. The second kappa shape index (κ2) is 8.24. The smallest absolute Gasteiger partial charge is 0.122 e. The first-order valence-corrected chi connectivity index (χ1v) is 7.76. The Hall–Kier alpha value is -0.980. The molecule has 0 aliphatic carbocycles. The van der Waals surface area contributed by atoms with Gasteiger partial charge >= 0.3 is 0 Å². The van der Waals surface area contributed by atoms with Crippen LogP contribution in [0.1, 0.15) is 65.4 Å². The molecule has 0 heterocycles. The van der Waals surface area contributed by atoms with Gasteiger partial charge in [-0.3, -0.25) is 0 Å². The van der Waals surface area contributed by atoms with E-state index in [0.717, 1.165) is 24.7 Å². The van der Waals surface area contributed by atoms with Crippen LogP contribution in [-0.2, 0) is 0 Å². The summed E-state index contributed by atoms with van der Waals surface area (Å²) in [6.07, 6.45) is 3.54. The zero-order valence-corrected chi connectivity index (χ0v) is 13.3. The van der Waals surface area contributed by atoms with Gasteiger partial charge in [0.05, 0.1) is 6.61 Å². The molecule has 0 bridgehead atoms. The average molecular weight is 262 g/mol. The van der Waals surface area contributed by atoms with Crippen LogP contribution in [0.4, 0.5) is 0 Å². The molecule has 0 saturated heterocycles. The first kappa shape index (κ1) is 16.1. The maximum atomic E-state index is 6.01. The van der Waals surface area contributed by atoms with Gasteiger partial charge in [-0.2, -0.15) is 0 Å². The summed E-state index contributed by atoms with van der Waals surface area (Å²) in [5.74, 6) is 3.14. The van der Waals surface area contributed by atoms with Crippen LogP contribution in [0.3, 0.4) is 0 Å². The summed E-state index contributed by atoms with van der Waals surface area (Å²) in [5, 5.41) is 0. The summed E-state index contributed by atoms with van der Waals surface area (Å²) in [6, 6.07) is 8.57. The van der Waals surface area contributed by atoms with Crippen LogP contribution in [0.5, 0.6) is 5.75 Å². The van der Waals surface area contributed by atoms with Gasteiger partial charge in [0, 0.05) is 0 Å². The number of para-hydroxylation sites is 1. The van der Waals surface area contributed by atoms with E-state index in [2.05, 4.69) is 58.9 Å². The summed E-state index contributed by atoms with van der Waals surface area (Å²) in [5.41, 5.74) is 1.39. The van der Waals surface area contributed by atoms with Crippen LogP contribution < -0.4 is 4.74 Å². The fourth-order valence-electron chi connectivity index (χ4n) is 2.44. The molecule has 1 aromatic carbocycles. The molecule has 1 aromatic rings. The number of hydrogen-bond acceptors (Lipinski definition) is 1. The van der Waals surface area contributed by atoms with Gasteiger partial charge in [0.25, 0.3) is 0 Å². The Labute approximate surface area is 119 Å². The van der Waals surface area contributed by atoms with E-state index in [9.17, 15) is 0 Å². The first-order chi connectivity index (χ1) is 9.04. The molecule has 0 saturated carbocycles. The minimum atomic E-state index is 0.621. The minimum absolute atomic E-state index is 0.621. The molecule has 0 aliphatic rings. The second-order valence-corrected chi connectivity index (χ2v) is 6.30. The van der Waals surface area contributed by atoms with E-state index < -0.39 is 0 Å². The highest BCUT2D eigenvalue weighted by Gasteiger charge is 2.15. The van der Waals surface area contributed by atoms with Crippen LogP contribution in [0.15, 0.2) is 24.3 Å². The highest BCUT2D eigenvalue weighted by atomic mass is 16.5. The molecule has 0 N–H and O–H groups in total. The summed E-state index contributed by atoms with van der Waals surface area (Å²) in [6.45, 7) is 12.2. The van der Waals surface area contributed by atoms with Crippen LogP contribution in [0, 0.1) is 11.8 Å². The van der Waals surface area contributed by atoms with Gasteiger partial charge in [-0.1, -0.05) is 52.8 Å². The number of hydrogen-bond donors (Lipinski definition) is 0. The Kier molecular flexibility index (Phi) is 6.97. The fraction of sp³-hybridized carbons (Fsp3) is 0.667. The Balaban J connectivity index is 2.75. The Morgan fingerprint density at radius 3 is 2.26 bits per heavy atom. The molecule has 0 spiro atoms. The van der Waals surface area contributed by atoms with E-state index in [0.29, 0.717) is 11.8 Å². The highest BCUT2D eigenvalue weighted by molar-refractivity contribution is 5.36. The predicted molar refractivity (Wildman–Crippen MR) is 83.9 cm³/mol. The standard InChI is InChI=1S/C18H30O/c1-6-16(13-15(4)5)17-9-7-8-10-18(17)19-12-11-14(2)3/h7-10,14-16H,6,11-13H2,1-5H3. The molecule has 1 nitrogen and oxygen atoms in total. The topological polar surface area (TPSA) is 9.23 Å². The molecular weight excluding hydrogens is 232 g/mol. The van der Waals surface area contributed by atoms with Crippen molar-refractivity contribution in [3.63, 3.8) is 0 Å². The SMILES string of the molecule is CCC(CC(C)C)c1ccccc1OCCC(C)C. The first-order valence-electron chi connectivity index (χ1n) is 7.76. The molecule has 0 aromatic heterocycles. The molecule has 0 amide bonds. The van der Waals surface area contributed by atoms with Crippen molar-refractivity contribution < 1.29 is 4.74 Å². The lowest BCUT2D eigenvalue weighted by Gasteiger charge is -2.21. The monoisotopic (exact) mass is 262 g/mol. The molecule has 108 valence electrons. The van der Waals surface area contributed by atoms with Gasteiger partial charge in [0.2, 0.25) is 0 Å². The van der Waals surface area contributed by atoms with Crippen molar-refractivity contribution in [2.24, 2.45) is 11.8 Å². The fourth-order valence-corrected chi connectivity index (χ4v) is 2.44. The van der Waals surface area contributed by atoms with Gasteiger partial charge in [-0.25, -0.2) is 0 Å². The summed E-state index contributed by atoms with van der Waals surface area (Å²) < 4.78 is 6.01. The lowest BCUT2D eigenvalue weighted by atomic mass is 9.88. The van der Waals surface area contributed by atoms with Crippen molar-refractivity contribution >= 4 is 0 Å². The molecule has 19 heavy (non-hydrogen) atoms. The second-order valence-electron chi connectivity index (χ2n) is 6.30. The minimum Gasteiger partial charge on any atom is -0.493 e. The van der Waals surface area contributed by atoms with E-state index >= 15 is 0 Å². The quantitative estimate of drug-likeness (QED) is 0.588. The van der Waals surface area contributed by atoms with Crippen molar-refractivity contribution in [2.75, 3.05) is 6.61 Å². The van der Waals surface area contributed by atoms with Crippen LogP contribution in [0.2, 0.25) is 0 Å². The molecule has 0 aliphatic heterocycles. The lowest BCUT2D eigenvalue weighted by molar-refractivity contribution is 0.283. The Morgan fingerprint density at radius 1 is 1.00 bits per heavy atom. The van der Waals surface area contributed by atoms with E-state index in [1.165, 1.54) is 18.4 Å². The largest absolute Gasteiger partial charge is 0.493 e. The third kappa shape index (κ3) is 5.67. The number of rotatable bonds is 8. The number of benzene rings is 1. The van der Waals surface area contributed by atoms with E-state index in [-0.39, 0.29) is 0 Å². The summed E-state index contributed by atoms with van der Waals surface area (Å²) in [4.78, 5) is 0. The maximum Gasteiger partial charge on any atom is 0.122 e. The van der Waals surface area contributed by atoms with Gasteiger partial charge < -0.3 is 4.74 Å². The van der Waals surface area contributed by atoms with Crippen molar-refractivity contribution in [1.82, 2.24) is 0 Å². The summed E-state index contributed by atoms with van der Waals surface area (Å²) in [7, 11) is 0. The highest BCUT2D eigenvalue weighted by Crippen LogP contribution is 2.33. The van der Waals surface area contributed by atoms with E-state index in [1.54, 1.807) is 0 Å². The predicted octanol–water partition coefficient (Wildman–Crippen LogP) is 5.65. The van der Waals surface area contributed by atoms with Gasteiger partial charge in [0.1, 0.15) is 5.75 Å². The van der Waals surface area contributed by atoms with Crippen molar-refractivity contribution in [3.8, 4) is 5.75 Å². The molecule has 1 heteroatoms. The van der Waals surface area contributed by atoms with Crippen molar-refractivity contribution in [2.45, 2.75) is 59.8 Å². The van der Waals surface area contributed by atoms with Crippen molar-refractivity contribution in [1.29, 1.82) is 0 Å². The molecule has 0 fully saturated rings. The zero-order chi connectivity index (χ0) is 14.3. The molecule has 1 rings (SSSR count). The van der Waals surface area contributed by atoms with E-state index in [1.807, 2.05) is 0 Å². The molecule has 1 unspecified atom stereocenters. The lowest BCUT2D eigenvalue weighted by Crippen LogP contribution is -2.07. The van der Waals surface area contributed by atoms with Crippen molar-refractivity contribution in [3.05, 3.63) is 29.8 Å². The third-order valence-electron chi connectivity index (χ3n) is 3.56. The number of ether oxygens (including phenoxy) is 1. The third-order valence-corrected chi connectivity index (χ3v) is 3.56. The van der Waals surface area contributed by atoms with Gasteiger partial charge in [0.15, 0.2) is 0 Å². The maximum absolute atomic E-state index is 6.01. The Morgan fingerprint density at radius 2 is 1.68 bits per heavy atom. The molecule has 1 atom stereocenters. The van der Waals surface area contributed by atoms with Crippen LogP contribution >= 0.6 is 0 Å². The zero-order valence-electron chi connectivity index (χ0n) is 13.3. The molecular formula is C18H30O. The normalized spacial score (nSPS) is 13.0. The van der Waals surface area contributed by atoms with Gasteiger partial charge in [-0.15, -0.1) is 0 Å². The van der Waals surface area contributed by atoms with E-state index in [4.69, 9.17) is 4.74 Å². The van der Waals surface area contributed by atoms with Crippen LogP contribution in [0.25, 0.3) is 0 Å². The summed E-state index contributed by atoms with van der Waals surface area (Å²) >= 11 is 0. The average Bonchev–Trinajstić information content (AvgIpc) is 2.36.